The Balaban J connectivity index is 1.87. The van der Waals surface area contributed by atoms with Crippen LogP contribution in [0.2, 0.25) is 0 Å². The highest BCUT2D eigenvalue weighted by Gasteiger charge is 2.14. The third kappa shape index (κ3) is 7.21. The van der Waals surface area contributed by atoms with Crippen LogP contribution in [0, 0.1) is 17.6 Å². The van der Waals surface area contributed by atoms with E-state index in [0.29, 0.717) is 17.4 Å². The first-order valence-corrected chi connectivity index (χ1v) is 8.81. The van der Waals surface area contributed by atoms with Crippen LogP contribution in [-0.4, -0.2) is 31.1 Å². The fourth-order valence-electron chi connectivity index (χ4n) is 2.21. The zero-order valence-electron chi connectivity index (χ0n) is 15.9. The summed E-state index contributed by atoms with van der Waals surface area (Å²) in [6.07, 6.45) is -0.615. The Morgan fingerprint density at radius 2 is 1.69 bits per heavy atom. The molecular formula is C20H21F2N3O4. The van der Waals surface area contributed by atoms with Crippen LogP contribution in [0.15, 0.2) is 42.5 Å². The average molecular weight is 405 g/mol. The highest BCUT2D eigenvalue weighted by molar-refractivity contribution is 5.99. The molecule has 0 atom stereocenters. The average Bonchev–Trinajstić information content (AvgIpc) is 2.65. The van der Waals surface area contributed by atoms with Crippen LogP contribution < -0.4 is 16.0 Å². The van der Waals surface area contributed by atoms with Crippen molar-refractivity contribution >= 4 is 29.3 Å². The van der Waals surface area contributed by atoms with E-state index in [-0.39, 0.29) is 18.1 Å². The van der Waals surface area contributed by atoms with Gasteiger partial charge in [-0.05, 0) is 36.2 Å². The Morgan fingerprint density at radius 3 is 2.34 bits per heavy atom. The maximum absolute atomic E-state index is 13.6. The molecule has 0 saturated heterocycles. The summed E-state index contributed by atoms with van der Waals surface area (Å²) in [6, 6.07) is 8.85. The van der Waals surface area contributed by atoms with Crippen LogP contribution in [0.5, 0.6) is 0 Å². The van der Waals surface area contributed by atoms with Gasteiger partial charge in [-0.25, -0.2) is 13.6 Å². The Hall–Kier alpha value is -3.49. The Morgan fingerprint density at radius 1 is 1.00 bits per heavy atom. The summed E-state index contributed by atoms with van der Waals surface area (Å²) in [6.45, 7) is 3.67. The molecule has 0 saturated carbocycles. The summed E-state index contributed by atoms with van der Waals surface area (Å²) >= 11 is 0. The van der Waals surface area contributed by atoms with Crippen molar-refractivity contribution in [3.05, 3.63) is 59.7 Å². The van der Waals surface area contributed by atoms with Crippen LogP contribution in [0.25, 0.3) is 0 Å². The molecule has 0 aliphatic heterocycles. The lowest BCUT2D eigenvalue weighted by Crippen LogP contribution is -2.33. The van der Waals surface area contributed by atoms with Crippen molar-refractivity contribution in [3.8, 4) is 0 Å². The number of anilines is 2. The van der Waals surface area contributed by atoms with Crippen LogP contribution in [0.3, 0.4) is 0 Å². The smallest absolute Gasteiger partial charge is 0.411 e. The third-order valence-corrected chi connectivity index (χ3v) is 3.53. The van der Waals surface area contributed by atoms with E-state index >= 15 is 0 Å². The van der Waals surface area contributed by atoms with Crippen LogP contribution >= 0.6 is 0 Å². The van der Waals surface area contributed by atoms with Gasteiger partial charge < -0.3 is 15.4 Å². The highest BCUT2D eigenvalue weighted by Crippen LogP contribution is 2.15. The summed E-state index contributed by atoms with van der Waals surface area (Å²) in [5.41, 5.74) is 0.415. The van der Waals surface area contributed by atoms with Gasteiger partial charge in [0.2, 0.25) is 5.91 Å². The normalized spacial score (nSPS) is 10.4. The maximum Gasteiger partial charge on any atom is 0.411 e. The number of amides is 3. The molecule has 0 aromatic heterocycles. The summed E-state index contributed by atoms with van der Waals surface area (Å²) in [5.74, 6) is -3.05. The SMILES string of the molecule is CC(C)COC(=O)Nc1cccc(NC(=O)CNC(=O)c2ccc(F)cc2F)c1. The lowest BCUT2D eigenvalue weighted by Gasteiger charge is -2.11. The van der Waals surface area contributed by atoms with Crippen molar-refractivity contribution in [1.29, 1.82) is 0 Å². The number of benzene rings is 2. The Labute approximate surface area is 166 Å². The molecule has 3 N–H and O–H groups in total. The van der Waals surface area contributed by atoms with Gasteiger partial charge in [0.05, 0.1) is 18.7 Å². The molecule has 0 aliphatic rings. The number of hydrogen-bond acceptors (Lipinski definition) is 4. The first-order chi connectivity index (χ1) is 13.7. The van der Waals surface area contributed by atoms with E-state index in [0.717, 1.165) is 12.1 Å². The molecule has 0 fully saturated rings. The number of rotatable bonds is 7. The molecule has 2 aromatic rings. The van der Waals surface area contributed by atoms with Crippen molar-refractivity contribution in [2.24, 2.45) is 5.92 Å². The standard InChI is InChI=1S/C20H21F2N3O4/c1-12(2)11-29-20(28)25-15-5-3-4-14(9-15)24-18(26)10-23-19(27)16-7-6-13(21)8-17(16)22/h3-9,12H,10-11H2,1-2H3,(H,23,27)(H,24,26)(H,25,28). The molecule has 2 rings (SSSR count). The molecule has 0 bridgehead atoms. The zero-order chi connectivity index (χ0) is 21.4. The summed E-state index contributed by atoms with van der Waals surface area (Å²) < 4.78 is 31.5. The third-order valence-electron chi connectivity index (χ3n) is 3.53. The molecule has 2 aromatic carbocycles. The summed E-state index contributed by atoms with van der Waals surface area (Å²) in [7, 11) is 0. The molecule has 0 aliphatic carbocycles. The zero-order valence-corrected chi connectivity index (χ0v) is 15.9. The van der Waals surface area contributed by atoms with Gasteiger partial charge in [-0.15, -0.1) is 0 Å². The quantitative estimate of drug-likeness (QED) is 0.657. The predicted octanol–water partition coefficient (Wildman–Crippen LogP) is 3.54. The minimum atomic E-state index is -1.02. The second kappa shape index (κ2) is 10.2. The fraction of sp³-hybridized carbons (Fsp3) is 0.250. The maximum atomic E-state index is 13.6. The van der Waals surface area contributed by atoms with Gasteiger partial charge in [0, 0.05) is 17.4 Å². The van der Waals surface area contributed by atoms with E-state index in [2.05, 4.69) is 16.0 Å². The lowest BCUT2D eigenvalue weighted by molar-refractivity contribution is -0.115. The molecular weight excluding hydrogens is 384 g/mol. The molecule has 29 heavy (non-hydrogen) atoms. The number of hydrogen-bond donors (Lipinski definition) is 3. The van der Waals surface area contributed by atoms with Crippen LogP contribution in [-0.2, 0) is 9.53 Å². The summed E-state index contributed by atoms with van der Waals surface area (Å²) in [4.78, 5) is 35.6. The van der Waals surface area contributed by atoms with Gasteiger partial charge in [0.1, 0.15) is 11.6 Å². The molecule has 0 heterocycles. The fourth-order valence-corrected chi connectivity index (χ4v) is 2.21. The Kier molecular flexibility index (Phi) is 7.64. The number of carbonyl (C=O) groups excluding carboxylic acids is 3. The van der Waals surface area contributed by atoms with E-state index in [1.165, 1.54) is 6.07 Å². The second-order valence-electron chi connectivity index (χ2n) is 6.55. The second-order valence-corrected chi connectivity index (χ2v) is 6.55. The van der Waals surface area contributed by atoms with Crippen molar-refractivity contribution in [2.75, 3.05) is 23.8 Å². The Bertz CT molecular complexity index is 903. The van der Waals surface area contributed by atoms with E-state index in [1.54, 1.807) is 18.2 Å². The molecule has 9 heteroatoms. The van der Waals surface area contributed by atoms with Gasteiger partial charge in [0.25, 0.3) is 5.91 Å². The topological polar surface area (TPSA) is 96.5 Å². The van der Waals surface area contributed by atoms with Gasteiger partial charge >= 0.3 is 6.09 Å². The van der Waals surface area contributed by atoms with Crippen LogP contribution in [0.4, 0.5) is 25.0 Å². The van der Waals surface area contributed by atoms with Gasteiger partial charge in [-0.2, -0.15) is 0 Å². The molecule has 7 nitrogen and oxygen atoms in total. The van der Waals surface area contributed by atoms with Gasteiger partial charge in [-0.3, -0.25) is 14.9 Å². The number of halogens is 2. The minimum absolute atomic E-state index is 0.199. The van der Waals surface area contributed by atoms with Crippen molar-refractivity contribution in [1.82, 2.24) is 5.32 Å². The van der Waals surface area contributed by atoms with E-state index < -0.39 is 36.1 Å². The minimum Gasteiger partial charge on any atom is -0.449 e. The summed E-state index contributed by atoms with van der Waals surface area (Å²) in [5, 5.41) is 7.33. The highest BCUT2D eigenvalue weighted by atomic mass is 19.1. The lowest BCUT2D eigenvalue weighted by atomic mass is 10.2. The van der Waals surface area contributed by atoms with E-state index in [9.17, 15) is 23.2 Å². The molecule has 0 radical (unpaired) electrons. The van der Waals surface area contributed by atoms with E-state index in [1.807, 2.05) is 13.8 Å². The van der Waals surface area contributed by atoms with Crippen molar-refractivity contribution < 1.29 is 27.9 Å². The number of nitrogens with one attached hydrogen (secondary N) is 3. The van der Waals surface area contributed by atoms with Crippen molar-refractivity contribution in [3.63, 3.8) is 0 Å². The largest absolute Gasteiger partial charge is 0.449 e. The monoisotopic (exact) mass is 405 g/mol. The first kappa shape index (κ1) is 21.8. The van der Waals surface area contributed by atoms with Crippen molar-refractivity contribution in [2.45, 2.75) is 13.8 Å². The molecule has 0 unspecified atom stereocenters. The van der Waals surface area contributed by atoms with Crippen LogP contribution in [0.1, 0.15) is 24.2 Å². The molecule has 154 valence electrons. The number of carbonyl (C=O) groups is 3. The first-order valence-electron chi connectivity index (χ1n) is 8.81. The van der Waals surface area contributed by atoms with Gasteiger partial charge in [-0.1, -0.05) is 19.9 Å². The molecule has 3 amide bonds. The van der Waals surface area contributed by atoms with E-state index in [4.69, 9.17) is 4.74 Å². The predicted molar refractivity (Wildman–Crippen MR) is 104 cm³/mol. The number of ether oxygens (including phenoxy) is 1. The van der Waals surface area contributed by atoms with Gasteiger partial charge in [0.15, 0.2) is 0 Å². The molecule has 0 spiro atoms.